The number of furan rings is 1. The van der Waals surface area contributed by atoms with Gasteiger partial charge in [-0.05, 0) is 56.2 Å². The van der Waals surface area contributed by atoms with E-state index in [1.165, 1.54) is 0 Å². The largest absolute Gasteiger partial charge is 0.455 e. The van der Waals surface area contributed by atoms with Gasteiger partial charge in [-0.25, -0.2) is 5.43 Å². The van der Waals surface area contributed by atoms with Crippen LogP contribution in [0.25, 0.3) is 0 Å². The lowest BCUT2D eigenvalue weighted by Gasteiger charge is -2.13. The van der Waals surface area contributed by atoms with E-state index in [0.717, 1.165) is 12.0 Å². The van der Waals surface area contributed by atoms with Crippen molar-refractivity contribution in [2.45, 2.75) is 26.2 Å². The SMILES string of the molecule is Cc1c(C(=O)Nc2ccc(Cl)cc2Cl)oc2c1/C(=N/NC(=O)c1cccc(Cl)c1)CCC2. The van der Waals surface area contributed by atoms with Crippen LogP contribution in [-0.2, 0) is 6.42 Å². The summed E-state index contributed by atoms with van der Waals surface area (Å²) in [5, 5.41) is 8.33. The first-order valence-electron chi connectivity index (χ1n) is 9.85. The van der Waals surface area contributed by atoms with Gasteiger partial charge in [0.1, 0.15) is 5.76 Å². The third kappa shape index (κ3) is 4.67. The molecule has 32 heavy (non-hydrogen) atoms. The molecule has 9 heteroatoms. The molecule has 0 saturated heterocycles. The van der Waals surface area contributed by atoms with Crippen LogP contribution in [0, 0.1) is 6.92 Å². The van der Waals surface area contributed by atoms with E-state index < -0.39 is 5.91 Å². The molecule has 6 nitrogen and oxygen atoms in total. The number of nitrogens with one attached hydrogen (secondary N) is 2. The van der Waals surface area contributed by atoms with Crippen LogP contribution >= 0.6 is 34.8 Å². The Hall–Kier alpha value is -2.80. The van der Waals surface area contributed by atoms with Gasteiger partial charge < -0.3 is 9.73 Å². The minimum Gasteiger partial charge on any atom is -0.455 e. The Labute approximate surface area is 199 Å². The molecule has 0 unspecified atom stereocenters. The molecular formula is C23H18Cl3N3O3. The minimum absolute atomic E-state index is 0.178. The van der Waals surface area contributed by atoms with E-state index in [0.29, 0.717) is 56.2 Å². The van der Waals surface area contributed by atoms with E-state index in [-0.39, 0.29) is 11.7 Å². The van der Waals surface area contributed by atoms with Gasteiger partial charge in [-0.2, -0.15) is 5.10 Å². The van der Waals surface area contributed by atoms with Gasteiger partial charge in [0.05, 0.1) is 16.4 Å². The topological polar surface area (TPSA) is 83.7 Å². The molecule has 3 aromatic rings. The Morgan fingerprint density at radius 1 is 1.00 bits per heavy atom. The first-order valence-corrected chi connectivity index (χ1v) is 11.0. The van der Waals surface area contributed by atoms with E-state index in [1.807, 2.05) is 0 Å². The molecule has 2 N–H and O–H groups in total. The van der Waals surface area contributed by atoms with Gasteiger partial charge in [-0.1, -0.05) is 40.9 Å². The van der Waals surface area contributed by atoms with Crippen molar-refractivity contribution in [1.29, 1.82) is 0 Å². The van der Waals surface area contributed by atoms with Crippen molar-refractivity contribution >= 4 is 58.0 Å². The number of fused-ring (bicyclic) bond motifs is 1. The van der Waals surface area contributed by atoms with Gasteiger partial charge in [-0.15, -0.1) is 0 Å². The fourth-order valence-corrected chi connectivity index (χ4v) is 4.23. The van der Waals surface area contributed by atoms with Crippen LogP contribution in [0.2, 0.25) is 15.1 Å². The van der Waals surface area contributed by atoms with Gasteiger partial charge in [0, 0.05) is 33.2 Å². The molecule has 0 aliphatic heterocycles. The molecule has 164 valence electrons. The van der Waals surface area contributed by atoms with Crippen molar-refractivity contribution in [2.75, 3.05) is 5.32 Å². The van der Waals surface area contributed by atoms with Crippen LogP contribution in [0.5, 0.6) is 0 Å². The first-order chi connectivity index (χ1) is 15.3. The van der Waals surface area contributed by atoms with Crippen molar-refractivity contribution in [2.24, 2.45) is 5.10 Å². The zero-order valence-electron chi connectivity index (χ0n) is 17.0. The van der Waals surface area contributed by atoms with Crippen LogP contribution in [0.4, 0.5) is 5.69 Å². The number of nitrogens with zero attached hydrogens (tertiary/aromatic N) is 1. The van der Waals surface area contributed by atoms with E-state index in [2.05, 4.69) is 15.8 Å². The molecule has 0 fully saturated rings. The van der Waals surface area contributed by atoms with Crippen molar-refractivity contribution in [3.05, 3.63) is 85.7 Å². The summed E-state index contributed by atoms with van der Waals surface area (Å²) in [7, 11) is 0. The fraction of sp³-hybridized carbons (Fsp3) is 0.174. The summed E-state index contributed by atoms with van der Waals surface area (Å²) in [6.07, 6.45) is 2.11. The van der Waals surface area contributed by atoms with Gasteiger partial charge in [-0.3, -0.25) is 9.59 Å². The van der Waals surface area contributed by atoms with Crippen molar-refractivity contribution in [3.8, 4) is 0 Å². The number of amides is 2. The Morgan fingerprint density at radius 3 is 2.53 bits per heavy atom. The van der Waals surface area contributed by atoms with E-state index in [1.54, 1.807) is 49.4 Å². The summed E-state index contributed by atoms with van der Waals surface area (Å²) < 4.78 is 5.88. The maximum absolute atomic E-state index is 12.9. The molecule has 1 aromatic heterocycles. The number of hydrogen-bond donors (Lipinski definition) is 2. The normalized spacial score (nSPS) is 14.2. The highest BCUT2D eigenvalue weighted by Gasteiger charge is 2.28. The maximum atomic E-state index is 12.9. The van der Waals surface area contributed by atoms with Gasteiger partial charge >= 0.3 is 0 Å². The van der Waals surface area contributed by atoms with Crippen LogP contribution < -0.4 is 10.7 Å². The maximum Gasteiger partial charge on any atom is 0.291 e. The Balaban J connectivity index is 1.57. The van der Waals surface area contributed by atoms with Gasteiger partial charge in [0.25, 0.3) is 11.8 Å². The fourth-order valence-electron chi connectivity index (χ4n) is 3.58. The summed E-state index contributed by atoms with van der Waals surface area (Å²) in [5.41, 5.74) is 5.46. The molecule has 4 rings (SSSR count). The number of hydrogen-bond acceptors (Lipinski definition) is 4. The van der Waals surface area contributed by atoms with Crippen molar-refractivity contribution in [3.63, 3.8) is 0 Å². The molecule has 1 heterocycles. The number of aryl methyl sites for hydroxylation is 1. The number of benzene rings is 2. The molecule has 1 aliphatic carbocycles. The summed E-state index contributed by atoms with van der Waals surface area (Å²) >= 11 is 18.0. The second-order valence-electron chi connectivity index (χ2n) is 7.30. The highest BCUT2D eigenvalue weighted by molar-refractivity contribution is 6.36. The molecule has 0 spiro atoms. The molecule has 0 bridgehead atoms. The smallest absolute Gasteiger partial charge is 0.291 e. The Bertz CT molecular complexity index is 1250. The molecule has 0 atom stereocenters. The second kappa shape index (κ2) is 9.36. The zero-order chi connectivity index (χ0) is 22.8. The van der Waals surface area contributed by atoms with E-state index >= 15 is 0 Å². The second-order valence-corrected chi connectivity index (χ2v) is 8.58. The number of carbonyl (C=O) groups excluding carboxylic acids is 2. The molecule has 0 radical (unpaired) electrons. The number of hydrazone groups is 1. The predicted molar refractivity (Wildman–Crippen MR) is 126 cm³/mol. The highest BCUT2D eigenvalue weighted by atomic mass is 35.5. The molecule has 2 aromatic carbocycles. The number of halogens is 3. The van der Waals surface area contributed by atoms with Crippen molar-refractivity contribution in [1.82, 2.24) is 5.43 Å². The Morgan fingerprint density at radius 2 is 1.78 bits per heavy atom. The lowest BCUT2D eigenvalue weighted by Crippen LogP contribution is -2.22. The molecule has 2 amide bonds. The number of rotatable bonds is 4. The Kier molecular flexibility index (Phi) is 6.55. The first kappa shape index (κ1) is 22.4. The molecule has 0 saturated carbocycles. The summed E-state index contributed by atoms with van der Waals surface area (Å²) in [6.45, 7) is 1.79. The summed E-state index contributed by atoms with van der Waals surface area (Å²) in [4.78, 5) is 25.3. The van der Waals surface area contributed by atoms with E-state index in [4.69, 9.17) is 39.2 Å². The number of carbonyl (C=O) groups is 2. The standard InChI is InChI=1S/C23H18Cl3N3O3/c1-12-20-18(28-29-22(30)13-4-2-5-14(24)10-13)6-3-7-19(20)32-21(12)23(31)27-17-9-8-15(25)11-16(17)26/h2,4-5,8-11H,3,6-7H2,1H3,(H,27,31)(H,29,30)/b28-18+. The average Bonchev–Trinajstić information content (AvgIpc) is 3.11. The zero-order valence-corrected chi connectivity index (χ0v) is 19.2. The number of anilines is 1. The van der Waals surface area contributed by atoms with Crippen LogP contribution in [-0.4, -0.2) is 17.5 Å². The summed E-state index contributed by atoms with van der Waals surface area (Å²) in [5.74, 6) is 0.0423. The van der Waals surface area contributed by atoms with Crippen molar-refractivity contribution < 1.29 is 14.0 Å². The quantitative estimate of drug-likeness (QED) is 0.423. The van der Waals surface area contributed by atoms with Gasteiger partial charge in [0.2, 0.25) is 0 Å². The third-order valence-corrected chi connectivity index (χ3v) is 5.87. The van der Waals surface area contributed by atoms with E-state index in [9.17, 15) is 9.59 Å². The third-order valence-electron chi connectivity index (χ3n) is 5.09. The summed E-state index contributed by atoms with van der Waals surface area (Å²) in [6, 6.07) is 11.4. The van der Waals surface area contributed by atoms with Crippen LogP contribution in [0.3, 0.4) is 0 Å². The van der Waals surface area contributed by atoms with Gasteiger partial charge in [0.15, 0.2) is 5.76 Å². The monoisotopic (exact) mass is 489 g/mol. The van der Waals surface area contributed by atoms with Crippen LogP contribution in [0.15, 0.2) is 52.0 Å². The lowest BCUT2D eigenvalue weighted by atomic mass is 9.93. The molecular weight excluding hydrogens is 473 g/mol. The van der Waals surface area contributed by atoms with Crippen LogP contribution in [0.1, 0.15) is 50.6 Å². The highest BCUT2D eigenvalue weighted by Crippen LogP contribution is 2.31. The minimum atomic E-state index is -0.427. The average molecular weight is 491 g/mol. The predicted octanol–water partition coefficient (Wildman–Crippen LogP) is 6.27. The molecule has 1 aliphatic rings. The lowest BCUT2D eigenvalue weighted by molar-refractivity contribution is 0.0953.